The second-order valence-electron chi connectivity index (χ2n) is 4.86. The van der Waals surface area contributed by atoms with Gasteiger partial charge in [0.05, 0.1) is 10.5 Å². The molecular weight excluding hydrogens is 356 g/mol. The van der Waals surface area contributed by atoms with Crippen LogP contribution in [0, 0.1) is 25.2 Å². The highest BCUT2D eigenvalue weighted by Gasteiger charge is 2.21. The van der Waals surface area contributed by atoms with E-state index in [4.69, 9.17) is 16.9 Å². The summed E-state index contributed by atoms with van der Waals surface area (Å²) in [6.07, 6.45) is 0. The smallest absolute Gasteiger partial charge is 0.240 e. The lowest BCUT2D eigenvalue weighted by Gasteiger charge is -2.05. The van der Waals surface area contributed by atoms with Gasteiger partial charge in [0.15, 0.2) is 9.84 Å². The average molecular weight is 369 g/mol. The van der Waals surface area contributed by atoms with Gasteiger partial charge < -0.3 is 5.32 Å². The van der Waals surface area contributed by atoms with Crippen molar-refractivity contribution in [1.29, 1.82) is 5.26 Å². The molecule has 2 aromatic rings. The molecule has 8 heteroatoms. The summed E-state index contributed by atoms with van der Waals surface area (Å²) in [5, 5.41) is 12.4. The number of nitrogens with zero attached hydrogens (tertiary/aromatic N) is 1. The molecule has 23 heavy (non-hydrogen) atoms. The van der Waals surface area contributed by atoms with Gasteiger partial charge in [-0.2, -0.15) is 5.26 Å². The normalized spacial score (nSPS) is 11.0. The minimum atomic E-state index is -3.77. The molecule has 2 rings (SSSR count). The van der Waals surface area contributed by atoms with E-state index in [1.807, 2.05) is 13.0 Å². The van der Waals surface area contributed by atoms with Gasteiger partial charge in [0.2, 0.25) is 5.91 Å². The first kappa shape index (κ1) is 17.5. The Morgan fingerprint density at radius 1 is 1.30 bits per heavy atom. The van der Waals surface area contributed by atoms with Crippen LogP contribution in [0.5, 0.6) is 0 Å². The number of carbonyl (C=O) groups is 1. The van der Waals surface area contributed by atoms with Gasteiger partial charge in [0.1, 0.15) is 16.8 Å². The molecule has 0 saturated carbocycles. The zero-order chi connectivity index (χ0) is 17.2. The van der Waals surface area contributed by atoms with Crippen LogP contribution in [0.3, 0.4) is 0 Å². The Kier molecular flexibility index (Phi) is 5.09. The van der Waals surface area contributed by atoms with Crippen molar-refractivity contribution in [3.8, 4) is 6.07 Å². The molecule has 120 valence electrons. The lowest BCUT2D eigenvalue weighted by Crippen LogP contribution is -2.23. The zero-order valence-electron chi connectivity index (χ0n) is 12.4. The fourth-order valence-corrected chi connectivity index (χ4v) is 4.20. The van der Waals surface area contributed by atoms with Crippen molar-refractivity contribution < 1.29 is 13.2 Å². The van der Waals surface area contributed by atoms with Crippen LogP contribution in [-0.4, -0.2) is 20.1 Å². The fourth-order valence-electron chi connectivity index (χ4n) is 1.91. The summed E-state index contributed by atoms with van der Waals surface area (Å²) in [5.74, 6) is -1.38. The predicted molar refractivity (Wildman–Crippen MR) is 90.6 cm³/mol. The summed E-state index contributed by atoms with van der Waals surface area (Å²) in [6, 6.07) is 7.63. The van der Waals surface area contributed by atoms with Gasteiger partial charge in [0.25, 0.3) is 0 Å². The summed E-state index contributed by atoms with van der Waals surface area (Å²) >= 11 is 6.97. The van der Waals surface area contributed by atoms with Gasteiger partial charge in [-0.1, -0.05) is 11.6 Å². The highest BCUT2D eigenvalue weighted by atomic mass is 35.5. The Balaban J connectivity index is 2.18. The van der Waals surface area contributed by atoms with Crippen LogP contribution in [0.15, 0.2) is 29.2 Å². The maximum absolute atomic E-state index is 12.2. The van der Waals surface area contributed by atoms with Crippen LogP contribution in [0.4, 0.5) is 5.00 Å². The van der Waals surface area contributed by atoms with E-state index >= 15 is 0 Å². The van der Waals surface area contributed by atoms with E-state index in [1.165, 1.54) is 35.6 Å². The van der Waals surface area contributed by atoms with Crippen molar-refractivity contribution in [2.24, 2.45) is 0 Å². The first-order valence-electron chi connectivity index (χ1n) is 6.53. The molecule has 0 aliphatic heterocycles. The number of hydrogen-bond acceptors (Lipinski definition) is 5. The number of thiophene rings is 1. The number of aryl methyl sites for hydroxylation is 1. The molecule has 1 amide bonds. The van der Waals surface area contributed by atoms with E-state index in [9.17, 15) is 13.2 Å². The number of nitriles is 1. The van der Waals surface area contributed by atoms with Gasteiger partial charge in [-0.25, -0.2) is 8.42 Å². The number of nitrogens with one attached hydrogen (secondary N) is 1. The SMILES string of the molecule is Cc1sc(NC(=O)CS(=O)(=O)c2ccc(Cl)cc2)c(C#N)c1C. The topological polar surface area (TPSA) is 87.0 Å². The Morgan fingerprint density at radius 3 is 2.48 bits per heavy atom. The maximum atomic E-state index is 12.2. The second-order valence-corrected chi connectivity index (χ2v) is 8.51. The van der Waals surface area contributed by atoms with E-state index < -0.39 is 21.5 Å². The number of halogens is 1. The molecular formula is C15H13ClN2O3S2. The molecule has 0 saturated heterocycles. The van der Waals surface area contributed by atoms with E-state index in [0.717, 1.165) is 10.4 Å². The van der Waals surface area contributed by atoms with E-state index in [0.29, 0.717) is 15.6 Å². The molecule has 5 nitrogen and oxygen atoms in total. The minimum Gasteiger partial charge on any atom is -0.316 e. The number of sulfone groups is 1. The zero-order valence-corrected chi connectivity index (χ0v) is 14.8. The van der Waals surface area contributed by atoms with Crippen LogP contribution in [0.1, 0.15) is 16.0 Å². The minimum absolute atomic E-state index is 0.0242. The number of hydrogen-bond donors (Lipinski definition) is 1. The van der Waals surface area contributed by atoms with Gasteiger partial charge in [-0.15, -0.1) is 11.3 Å². The van der Waals surface area contributed by atoms with Gasteiger partial charge in [-0.05, 0) is 43.7 Å². The molecule has 0 radical (unpaired) electrons. The average Bonchev–Trinajstić information content (AvgIpc) is 2.72. The summed E-state index contributed by atoms with van der Waals surface area (Å²) in [7, 11) is -3.77. The van der Waals surface area contributed by atoms with Gasteiger partial charge >= 0.3 is 0 Å². The Hall–Kier alpha value is -1.88. The van der Waals surface area contributed by atoms with E-state index in [2.05, 4.69) is 5.32 Å². The summed E-state index contributed by atoms with van der Waals surface area (Å²) in [4.78, 5) is 13.0. The molecule has 1 aromatic heterocycles. The fraction of sp³-hybridized carbons (Fsp3) is 0.200. The maximum Gasteiger partial charge on any atom is 0.240 e. The van der Waals surface area contributed by atoms with Crippen LogP contribution in [0.25, 0.3) is 0 Å². The van der Waals surface area contributed by atoms with Crippen molar-refractivity contribution in [2.75, 3.05) is 11.1 Å². The molecule has 0 spiro atoms. The lowest BCUT2D eigenvalue weighted by atomic mass is 10.2. The Bertz CT molecular complexity index is 894. The summed E-state index contributed by atoms with van der Waals surface area (Å²) in [6.45, 7) is 3.62. The first-order valence-corrected chi connectivity index (χ1v) is 9.37. The van der Waals surface area contributed by atoms with Crippen molar-refractivity contribution in [1.82, 2.24) is 0 Å². The van der Waals surface area contributed by atoms with Crippen molar-refractivity contribution >= 4 is 43.7 Å². The van der Waals surface area contributed by atoms with E-state index in [-0.39, 0.29) is 4.90 Å². The molecule has 0 atom stereocenters. The standard InChI is InChI=1S/C15H13ClN2O3S2/c1-9-10(2)22-15(13(9)7-17)18-14(19)8-23(20,21)12-5-3-11(16)4-6-12/h3-6H,8H2,1-2H3,(H,18,19). The first-order chi connectivity index (χ1) is 10.7. The Labute approximate surface area is 143 Å². The number of benzene rings is 1. The number of rotatable bonds is 4. The third-order valence-electron chi connectivity index (χ3n) is 3.24. The van der Waals surface area contributed by atoms with Crippen LogP contribution >= 0.6 is 22.9 Å². The highest BCUT2D eigenvalue weighted by Crippen LogP contribution is 2.31. The Morgan fingerprint density at radius 2 is 1.91 bits per heavy atom. The molecule has 0 aliphatic carbocycles. The van der Waals surface area contributed by atoms with Gasteiger partial charge in [0, 0.05) is 9.90 Å². The van der Waals surface area contributed by atoms with Crippen LogP contribution < -0.4 is 5.32 Å². The third-order valence-corrected chi connectivity index (χ3v) is 6.25. The molecule has 0 bridgehead atoms. The summed E-state index contributed by atoms with van der Waals surface area (Å²) < 4.78 is 24.4. The molecule has 1 aromatic carbocycles. The quantitative estimate of drug-likeness (QED) is 0.896. The molecule has 1 heterocycles. The van der Waals surface area contributed by atoms with Crippen LogP contribution in [0.2, 0.25) is 5.02 Å². The largest absolute Gasteiger partial charge is 0.316 e. The number of carbonyl (C=O) groups excluding carboxylic acids is 1. The molecule has 0 unspecified atom stereocenters. The monoisotopic (exact) mass is 368 g/mol. The van der Waals surface area contributed by atoms with Crippen molar-refractivity contribution in [2.45, 2.75) is 18.7 Å². The molecule has 0 fully saturated rings. The van der Waals surface area contributed by atoms with Crippen LogP contribution in [-0.2, 0) is 14.6 Å². The second kappa shape index (κ2) is 6.71. The van der Waals surface area contributed by atoms with Crippen molar-refractivity contribution in [3.05, 3.63) is 45.3 Å². The van der Waals surface area contributed by atoms with Crippen molar-refractivity contribution in [3.63, 3.8) is 0 Å². The van der Waals surface area contributed by atoms with Gasteiger partial charge in [-0.3, -0.25) is 4.79 Å². The molecule has 0 aliphatic rings. The number of anilines is 1. The lowest BCUT2D eigenvalue weighted by molar-refractivity contribution is -0.113. The third kappa shape index (κ3) is 3.91. The summed E-state index contributed by atoms with van der Waals surface area (Å²) in [5.41, 5.74) is 1.15. The predicted octanol–water partition coefficient (Wildman–Crippen LogP) is 3.30. The highest BCUT2D eigenvalue weighted by molar-refractivity contribution is 7.92. The number of amides is 1. The molecule has 1 N–H and O–H groups in total. The van der Waals surface area contributed by atoms with E-state index in [1.54, 1.807) is 6.92 Å².